The Labute approximate surface area is 784 Å². The lowest BCUT2D eigenvalue weighted by molar-refractivity contribution is 1.14. The maximum absolute atomic E-state index is 4.93. The summed E-state index contributed by atoms with van der Waals surface area (Å²) in [6.45, 7) is 0. The molecule has 0 aliphatic heterocycles. The van der Waals surface area contributed by atoms with Crippen LogP contribution in [0, 0.1) is 0 Å². The molecular formula is C128H80N8. The van der Waals surface area contributed by atoms with Crippen molar-refractivity contribution in [2.45, 2.75) is 0 Å². The number of hydrogen-bond donors (Lipinski definition) is 0. The maximum Gasteiger partial charge on any atom is 0.145 e. The molecule has 0 unspecified atom stereocenters. The van der Waals surface area contributed by atoms with E-state index in [0.29, 0.717) is 0 Å². The topological polar surface area (TPSA) is 71.3 Å². The summed E-state index contributed by atoms with van der Waals surface area (Å²) in [6.07, 6.45) is 7.56. The van der Waals surface area contributed by atoms with Gasteiger partial charge < -0.3 is 0 Å². The fourth-order valence-corrected chi connectivity index (χ4v) is 21.9. The molecular weight excluding hydrogens is 1650 g/mol. The quantitative estimate of drug-likeness (QED) is 0.137. The van der Waals surface area contributed by atoms with Crippen LogP contribution in [0.25, 0.3) is 266 Å². The van der Waals surface area contributed by atoms with Gasteiger partial charge in [0.1, 0.15) is 22.6 Å². The highest BCUT2D eigenvalue weighted by Gasteiger charge is 2.29. The fraction of sp³-hybridized carbons (Fsp3) is 0. The summed E-state index contributed by atoms with van der Waals surface area (Å²) >= 11 is 0. The number of para-hydroxylation sites is 4. The molecule has 0 saturated heterocycles. The Kier molecular flexibility index (Phi) is 18.2. The minimum absolute atomic E-state index is 0.946. The van der Waals surface area contributed by atoms with E-state index in [4.69, 9.17) is 19.9 Å². The van der Waals surface area contributed by atoms with Crippen LogP contribution in [0.15, 0.2) is 486 Å². The van der Waals surface area contributed by atoms with Crippen LogP contribution >= 0.6 is 0 Å². The number of nitrogens with zero attached hydrogens (tertiary/aromatic N) is 8. The summed E-state index contributed by atoms with van der Waals surface area (Å²) in [7, 11) is 0. The number of benzene rings is 18. The average Bonchev–Trinajstić information content (AvgIpc) is 1.47. The molecule has 8 nitrogen and oxygen atoms in total. The number of rotatable bonds is 10. The molecule has 0 spiro atoms. The summed E-state index contributed by atoms with van der Waals surface area (Å²) in [4.78, 5) is 19.7. The van der Waals surface area contributed by atoms with Gasteiger partial charge in [-0.25, -0.2) is 19.9 Å². The van der Waals surface area contributed by atoms with E-state index in [1.807, 2.05) is 49.1 Å². The molecule has 2 aliphatic rings. The summed E-state index contributed by atoms with van der Waals surface area (Å²) in [5, 5.41) is 9.16. The number of aromatic nitrogens is 8. The first-order valence-corrected chi connectivity index (χ1v) is 46.4. The molecule has 0 radical (unpaired) electrons. The average molecular weight is 1730 g/mol. The molecule has 0 N–H and O–H groups in total. The number of fused-ring (bicyclic) bond motifs is 28. The molecule has 136 heavy (non-hydrogen) atoms. The van der Waals surface area contributed by atoms with Crippen LogP contribution in [0.1, 0.15) is 0 Å². The van der Waals surface area contributed by atoms with Crippen LogP contribution in [-0.2, 0) is 0 Å². The van der Waals surface area contributed by atoms with E-state index in [0.717, 1.165) is 161 Å². The van der Waals surface area contributed by atoms with Crippen LogP contribution in [0.4, 0.5) is 0 Å². The summed E-state index contributed by atoms with van der Waals surface area (Å²) in [5.74, 6) is 0. The van der Waals surface area contributed by atoms with Crippen molar-refractivity contribution in [1.29, 1.82) is 0 Å². The second-order valence-electron chi connectivity index (χ2n) is 35.5. The highest BCUT2D eigenvalue weighted by molar-refractivity contribution is 6.15. The molecule has 8 aromatic heterocycles. The normalized spacial score (nSPS) is 11.8. The molecule has 0 atom stereocenters. The lowest BCUT2D eigenvalue weighted by Gasteiger charge is -2.25. The largest absolute Gasteiger partial charge is 0.294 e. The summed E-state index contributed by atoms with van der Waals surface area (Å²) in [5.41, 5.74) is 46.1. The smallest absolute Gasteiger partial charge is 0.145 e. The highest BCUT2D eigenvalue weighted by atomic mass is 15.1. The van der Waals surface area contributed by atoms with E-state index < -0.39 is 0 Å². The van der Waals surface area contributed by atoms with Crippen molar-refractivity contribution in [3.05, 3.63) is 486 Å². The Bertz CT molecular complexity index is 8940. The highest BCUT2D eigenvalue weighted by Crippen LogP contribution is 2.54. The van der Waals surface area contributed by atoms with Crippen molar-refractivity contribution >= 4 is 87.7 Å². The minimum atomic E-state index is 0.946. The second kappa shape index (κ2) is 31.8. The predicted molar refractivity (Wildman–Crippen MR) is 565 cm³/mol. The molecule has 632 valence electrons. The van der Waals surface area contributed by atoms with Gasteiger partial charge in [-0.05, 0) is 344 Å². The maximum atomic E-state index is 4.93. The molecule has 28 rings (SSSR count). The third-order valence-electron chi connectivity index (χ3n) is 28.0. The van der Waals surface area contributed by atoms with Crippen LogP contribution in [-0.4, -0.2) is 38.2 Å². The summed E-state index contributed by atoms with van der Waals surface area (Å²) in [6, 6.07) is 168. The molecule has 2 aliphatic carbocycles. The minimum Gasteiger partial charge on any atom is -0.294 e. The first kappa shape index (κ1) is 77.7. The van der Waals surface area contributed by atoms with Gasteiger partial charge in [0.25, 0.3) is 0 Å². The van der Waals surface area contributed by atoms with Crippen molar-refractivity contribution in [2.75, 3.05) is 0 Å². The van der Waals surface area contributed by atoms with Crippen molar-refractivity contribution < 1.29 is 0 Å². The van der Waals surface area contributed by atoms with Crippen molar-refractivity contribution in [3.63, 3.8) is 0 Å². The molecule has 0 bridgehead atoms. The van der Waals surface area contributed by atoms with Crippen LogP contribution in [0.5, 0.6) is 0 Å². The Hall–Kier alpha value is -18.2. The lowest BCUT2D eigenvalue weighted by Crippen LogP contribution is -1.99. The van der Waals surface area contributed by atoms with Gasteiger partial charge in [-0.15, -0.1) is 0 Å². The zero-order valence-corrected chi connectivity index (χ0v) is 73.8. The fourth-order valence-electron chi connectivity index (χ4n) is 21.9. The Morgan fingerprint density at radius 1 is 0.125 bits per heavy atom. The molecule has 26 aromatic rings. The van der Waals surface area contributed by atoms with E-state index in [9.17, 15) is 0 Å². The zero-order chi connectivity index (χ0) is 89.4. The second-order valence-corrected chi connectivity index (χ2v) is 35.5. The molecule has 0 fully saturated rings. The van der Waals surface area contributed by atoms with Crippen LogP contribution < -0.4 is 0 Å². The molecule has 18 aromatic carbocycles. The van der Waals surface area contributed by atoms with Gasteiger partial charge >= 0.3 is 0 Å². The number of hydrogen-bond acceptors (Lipinski definition) is 4. The Balaban J connectivity index is 0.000000138. The Morgan fingerprint density at radius 2 is 0.346 bits per heavy atom. The number of pyridine rings is 4. The lowest BCUT2D eigenvalue weighted by atomic mass is 9.78. The molecule has 8 heterocycles. The molecule has 8 heteroatoms. The van der Waals surface area contributed by atoms with E-state index in [1.165, 1.54) is 105 Å². The molecule has 0 saturated carbocycles. The van der Waals surface area contributed by atoms with E-state index in [-0.39, 0.29) is 0 Å². The summed E-state index contributed by atoms with van der Waals surface area (Å²) < 4.78 is 9.11. The standard InChI is InChI=1S/2C64H40N4/c1-3-16-46(17-4-1)67-60-32-30-41(39-58(60)56-28-14-34-65-63(56)67)43-36-44(42-31-33-61-59(40-42)57-29-15-35-66-64(57)68(61)47-18-5-2-6-19-47)38-45(37-43)48-26-13-27-55-53-23-10-9-22-51(53)49-20-7-8-21-50(49)52-24-11-12-25-54(52)62(48)55;1-3-15-47(16-4-1)67-61-31-28-42(39-59(61)56-25-13-33-65-63(56)67)45-35-44(36-46(37-45)43-29-32-62-60(40-43)57-26-14-34-66-64(57)68(62)48-17-5-2-6-18-48)41-27-30-55-53-23-10-9-21-51(53)49-19-7-8-20-50(49)52-22-11-12-24-54(52)58(55)38-41/h2*1-40H. The van der Waals surface area contributed by atoms with Gasteiger partial charge in [-0.3, -0.25) is 18.3 Å². The first-order chi connectivity index (χ1) is 67.5. The van der Waals surface area contributed by atoms with Gasteiger partial charge in [-0.1, -0.05) is 273 Å². The van der Waals surface area contributed by atoms with Gasteiger partial charge in [0.2, 0.25) is 0 Å². The van der Waals surface area contributed by atoms with Gasteiger partial charge in [0, 0.05) is 90.6 Å². The zero-order valence-electron chi connectivity index (χ0n) is 73.8. The SMILES string of the molecule is c1ccc(-n2c3ccc(-c4cc(-c5ccc6c(c5)-c5ccccc5-c5ccccc5-c5ccccc5-6)cc(-c5ccc6c(c5)c5cccnc5n6-c5ccccc5)c4)cc3c3cccnc32)cc1.c1ccc(-n2c3ccc(-c4cc(-c5ccc6c(c5)c5cccnc5n6-c5ccccc5)cc(-c5cccc6c5-c5ccccc5-c5ccccc5-c5ccccc5-6)c4)cc3c3cccnc32)cc1. The van der Waals surface area contributed by atoms with Crippen molar-refractivity contribution in [1.82, 2.24) is 38.2 Å². The third kappa shape index (κ3) is 12.7. The molecule has 0 amide bonds. The Morgan fingerprint density at radius 3 is 0.647 bits per heavy atom. The predicted octanol–water partition coefficient (Wildman–Crippen LogP) is 33.3. The van der Waals surface area contributed by atoms with E-state index in [2.05, 4.69) is 455 Å². The third-order valence-corrected chi connectivity index (χ3v) is 28.0. The van der Waals surface area contributed by atoms with Gasteiger partial charge in [0.05, 0.1) is 22.1 Å². The van der Waals surface area contributed by atoms with Gasteiger partial charge in [0.15, 0.2) is 0 Å². The van der Waals surface area contributed by atoms with Crippen molar-refractivity contribution in [2.24, 2.45) is 0 Å². The monoisotopic (exact) mass is 1730 g/mol. The first-order valence-electron chi connectivity index (χ1n) is 46.4. The van der Waals surface area contributed by atoms with E-state index >= 15 is 0 Å². The van der Waals surface area contributed by atoms with Crippen LogP contribution in [0.3, 0.4) is 0 Å². The van der Waals surface area contributed by atoms with Crippen molar-refractivity contribution in [3.8, 4) is 179 Å². The van der Waals surface area contributed by atoms with E-state index in [1.54, 1.807) is 0 Å². The van der Waals surface area contributed by atoms with Gasteiger partial charge in [-0.2, -0.15) is 0 Å². The van der Waals surface area contributed by atoms with Crippen LogP contribution in [0.2, 0.25) is 0 Å².